The zero-order valence-corrected chi connectivity index (χ0v) is 16.0. The van der Waals surface area contributed by atoms with Gasteiger partial charge in [0, 0.05) is 30.6 Å². The molecule has 1 N–H and O–H groups in total. The molecule has 0 amide bonds. The number of ether oxygens (including phenoxy) is 2. The largest absolute Gasteiger partial charge is 0.494 e. The minimum atomic E-state index is -0.294. The van der Waals surface area contributed by atoms with Gasteiger partial charge in [-0.2, -0.15) is 0 Å². The summed E-state index contributed by atoms with van der Waals surface area (Å²) in [4.78, 5) is 8.58. The van der Waals surface area contributed by atoms with E-state index < -0.39 is 0 Å². The van der Waals surface area contributed by atoms with Crippen LogP contribution in [0.15, 0.2) is 48.8 Å². The molecule has 1 saturated heterocycles. The Bertz CT molecular complexity index is 940. The van der Waals surface area contributed by atoms with Gasteiger partial charge in [-0.15, -0.1) is 0 Å². The van der Waals surface area contributed by atoms with Crippen LogP contribution in [0, 0.1) is 5.82 Å². The van der Waals surface area contributed by atoms with Gasteiger partial charge >= 0.3 is 0 Å². The van der Waals surface area contributed by atoms with Gasteiger partial charge in [-0.25, -0.2) is 14.4 Å². The van der Waals surface area contributed by atoms with Crippen LogP contribution >= 0.6 is 0 Å². The lowest BCUT2D eigenvalue weighted by Crippen LogP contribution is -2.40. The first-order valence-corrected chi connectivity index (χ1v) is 9.65. The molecule has 1 fully saturated rings. The number of halogens is 1. The number of aromatic nitrogens is 2. The molecular weight excluding hydrogens is 357 g/mol. The Balaban J connectivity index is 1.62. The summed E-state index contributed by atoms with van der Waals surface area (Å²) in [7, 11) is 0. The van der Waals surface area contributed by atoms with E-state index in [-0.39, 0.29) is 11.2 Å². The molecule has 5 nitrogen and oxygen atoms in total. The number of hydrogen-bond acceptors (Lipinski definition) is 5. The summed E-state index contributed by atoms with van der Waals surface area (Å²) >= 11 is 0. The monoisotopic (exact) mass is 381 g/mol. The lowest BCUT2D eigenvalue weighted by atomic mass is 9.74. The van der Waals surface area contributed by atoms with Crippen molar-refractivity contribution in [3.8, 4) is 5.75 Å². The summed E-state index contributed by atoms with van der Waals surface area (Å²) in [6.07, 6.45) is 3.33. The molecule has 0 unspecified atom stereocenters. The Morgan fingerprint density at radius 1 is 1.11 bits per heavy atom. The average molecular weight is 381 g/mol. The third-order valence-electron chi connectivity index (χ3n) is 5.42. The molecule has 28 heavy (non-hydrogen) atoms. The molecule has 4 rings (SSSR count). The van der Waals surface area contributed by atoms with E-state index in [0.717, 1.165) is 24.1 Å². The van der Waals surface area contributed by atoms with Crippen LogP contribution in [0.5, 0.6) is 5.75 Å². The zero-order valence-electron chi connectivity index (χ0n) is 16.0. The Morgan fingerprint density at radius 3 is 2.64 bits per heavy atom. The number of anilines is 1. The molecule has 1 aromatic heterocycles. The maximum Gasteiger partial charge on any atom is 0.137 e. The van der Waals surface area contributed by atoms with Crippen LogP contribution < -0.4 is 10.1 Å². The van der Waals surface area contributed by atoms with Crippen molar-refractivity contribution in [3.05, 3.63) is 60.2 Å². The van der Waals surface area contributed by atoms with Crippen LogP contribution in [-0.4, -0.2) is 36.3 Å². The number of fused-ring (bicyclic) bond motifs is 1. The van der Waals surface area contributed by atoms with Gasteiger partial charge in [0.2, 0.25) is 0 Å². The van der Waals surface area contributed by atoms with Gasteiger partial charge < -0.3 is 14.8 Å². The molecule has 0 saturated carbocycles. The standard InChI is InChI=1S/C22H24FN3O2/c1-2-28-18-6-3-16(4-7-18)22(9-11-27-12-10-22)14-24-21-19-13-17(23)5-8-20(19)25-15-26-21/h3-8,13,15H,2,9-12,14H2,1H3,(H,24,25,26). The Hall–Kier alpha value is -2.73. The normalized spacial score (nSPS) is 16.1. The fraction of sp³-hybridized carbons (Fsp3) is 0.364. The molecule has 0 radical (unpaired) electrons. The van der Waals surface area contributed by atoms with Gasteiger partial charge in [0.15, 0.2) is 0 Å². The van der Waals surface area contributed by atoms with Crippen LogP contribution in [-0.2, 0) is 10.2 Å². The Labute approximate surface area is 163 Å². The van der Waals surface area contributed by atoms with Crippen molar-refractivity contribution in [1.29, 1.82) is 0 Å². The minimum Gasteiger partial charge on any atom is -0.494 e. The Kier molecular flexibility index (Phi) is 5.39. The highest BCUT2D eigenvalue weighted by Crippen LogP contribution is 2.36. The van der Waals surface area contributed by atoms with Crippen molar-refractivity contribution in [1.82, 2.24) is 9.97 Å². The number of nitrogens with one attached hydrogen (secondary N) is 1. The second-order valence-corrected chi connectivity index (χ2v) is 7.09. The lowest BCUT2D eigenvalue weighted by Gasteiger charge is -2.38. The average Bonchev–Trinajstić information content (AvgIpc) is 2.74. The van der Waals surface area contributed by atoms with E-state index in [4.69, 9.17) is 9.47 Å². The van der Waals surface area contributed by atoms with E-state index in [0.29, 0.717) is 37.6 Å². The Morgan fingerprint density at radius 2 is 1.89 bits per heavy atom. The second kappa shape index (κ2) is 8.10. The zero-order chi connectivity index (χ0) is 19.4. The molecule has 146 valence electrons. The van der Waals surface area contributed by atoms with Crippen LogP contribution in [0.1, 0.15) is 25.3 Å². The van der Waals surface area contributed by atoms with Gasteiger partial charge in [0.05, 0.1) is 12.1 Å². The van der Waals surface area contributed by atoms with Crippen LogP contribution in [0.4, 0.5) is 10.2 Å². The molecule has 2 heterocycles. The van der Waals surface area contributed by atoms with Crippen molar-refractivity contribution in [2.24, 2.45) is 0 Å². The summed E-state index contributed by atoms with van der Waals surface area (Å²) < 4.78 is 24.9. The molecule has 3 aromatic rings. The van der Waals surface area contributed by atoms with Crippen LogP contribution in [0.25, 0.3) is 10.9 Å². The predicted octanol–water partition coefficient (Wildman–Crippen LogP) is 4.33. The highest BCUT2D eigenvalue weighted by molar-refractivity contribution is 5.88. The molecule has 1 aliphatic rings. The summed E-state index contributed by atoms with van der Waals surface area (Å²) in [6.45, 7) is 4.75. The van der Waals surface area contributed by atoms with Crippen molar-refractivity contribution < 1.29 is 13.9 Å². The van der Waals surface area contributed by atoms with E-state index in [2.05, 4.69) is 27.4 Å². The quantitative estimate of drug-likeness (QED) is 0.689. The molecule has 0 atom stereocenters. The van der Waals surface area contributed by atoms with Gasteiger partial charge in [0.25, 0.3) is 0 Å². The SMILES string of the molecule is CCOc1ccc(C2(CNc3ncnc4ccc(F)cc34)CCOCC2)cc1. The summed E-state index contributed by atoms with van der Waals surface area (Å²) in [5.74, 6) is 1.23. The van der Waals surface area contributed by atoms with Gasteiger partial charge in [-0.3, -0.25) is 0 Å². The van der Waals surface area contributed by atoms with Crippen LogP contribution in [0.2, 0.25) is 0 Å². The van der Waals surface area contributed by atoms with Gasteiger partial charge in [-0.05, 0) is 55.7 Å². The van der Waals surface area contributed by atoms with Gasteiger partial charge in [-0.1, -0.05) is 12.1 Å². The number of benzene rings is 2. The molecule has 2 aromatic carbocycles. The fourth-order valence-corrected chi connectivity index (χ4v) is 3.82. The predicted molar refractivity (Wildman–Crippen MR) is 107 cm³/mol. The maximum atomic E-state index is 13.7. The number of hydrogen-bond donors (Lipinski definition) is 1. The topological polar surface area (TPSA) is 56.3 Å². The van der Waals surface area contributed by atoms with E-state index in [1.165, 1.54) is 24.0 Å². The third kappa shape index (κ3) is 3.78. The summed E-state index contributed by atoms with van der Waals surface area (Å²) in [5, 5.41) is 4.15. The van der Waals surface area contributed by atoms with Crippen molar-refractivity contribution in [2.45, 2.75) is 25.2 Å². The molecular formula is C22H24FN3O2. The van der Waals surface area contributed by atoms with Crippen LogP contribution in [0.3, 0.4) is 0 Å². The molecule has 0 bridgehead atoms. The van der Waals surface area contributed by atoms with Crippen molar-refractivity contribution in [2.75, 3.05) is 31.7 Å². The first-order chi connectivity index (χ1) is 13.7. The summed E-state index contributed by atoms with van der Waals surface area (Å²) in [5.41, 5.74) is 1.89. The highest BCUT2D eigenvalue weighted by atomic mass is 19.1. The highest BCUT2D eigenvalue weighted by Gasteiger charge is 2.34. The minimum absolute atomic E-state index is 0.0758. The lowest BCUT2D eigenvalue weighted by molar-refractivity contribution is 0.0543. The van der Waals surface area contributed by atoms with E-state index >= 15 is 0 Å². The van der Waals surface area contributed by atoms with E-state index in [1.54, 1.807) is 6.07 Å². The second-order valence-electron chi connectivity index (χ2n) is 7.09. The summed E-state index contributed by atoms with van der Waals surface area (Å²) in [6, 6.07) is 12.9. The molecule has 0 aliphatic carbocycles. The molecule has 1 aliphatic heterocycles. The smallest absolute Gasteiger partial charge is 0.137 e. The van der Waals surface area contributed by atoms with Crippen molar-refractivity contribution >= 4 is 16.7 Å². The fourth-order valence-electron chi connectivity index (χ4n) is 3.82. The maximum absolute atomic E-state index is 13.7. The van der Waals surface area contributed by atoms with E-state index in [1.807, 2.05) is 19.1 Å². The first kappa shape index (κ1) is 18.6. The third-order valence-corrected chi connectivity index (χ3v) is 5.42. The first-order valence-electron chi connectivity index (χ1n) is 9.65. The number of rotatable bonds is 6. The van der Waals surface area contributed by atoms with E-state index in [9.17, 15) is 4.39 Å². The van der Waals surface area contributed by atoms with Crippen molar-refractivity contribution in [3.63, 3.8) is 0 Å². The number of nitrogens with zero attached hydrogens (tertiary/aromatic N) is 2. The molecule has 6 heteroatoms. The van der Waals surface area contributed by atoms with Gasteiger partial charge in [0.1, 0.15) is 23.7 Å². The molecule has 0 spiro atoms.